The van der Waals surface area contributed by atoms with E-state index in [1.807, 2.05) is 43.3 Å². The van der Waals surface area contributed by atoms with E-state index in [0.717, 1.165) is 22.8 Å². The van der Waals surface area contributed by atoms with Gasteiger partial charge in [0.05, 0.1) is 26.1 Å². The summed E-state index contributed by atoms with van der Waals surface area (Å²) in [5.41, 5.74) is 0.853. The minimum Gasteiger partial charge on any atom is -0.497 e. The minimum atomic E-state index is -0.392. The maximum Gasteiger partial charge on any atom is 0.225 e. The second-order valence-electron chi connectivity index (χ2n) is 5.99. The fraction of sp³-hybridized carbons (Fsp3) is 0.368. The number of aryl methyl sites for hydroxylation is 1. The molecule has 1 aromatic heterocycles. The van der Waals surface area contributed by atoms with Crippen LogP contribution in [-0.2, 0) is 16.1 Å². The van der Waals surface area contributed by atoms with E-state index in [2.05, 4.69) is 5.32 Å². The predicted molar refractivity (Wildman–Crippen MR) is 94.1 cm³/mol. The van der Waals surface area contributed by atoms with E-state index in [9.17, 15) is 9.59 Å². The molecule has 25 heavy (non-hydrogen) atoms. The Morgan fingerprint density at radius 2 is 1.88 bits per heavy atom. The third-order valence-electron chi connectivity index (χ3n) is 3.89. The molecule has 0 spiro atoms. The van der Waals surface area contributed by atoms with Crippen molar-refractivity contribution >= 4 is 11.8 Å². The van der Waals surface area contributed by atoms with Gasteiger partial charge >= 0.3 is 0 Å². The van der Waals surface area contributed by atoms with E-state index in [0.29, 0.717) is 6.54 Å². The number of furan rings is 1. The number of rotatable bonds is 7. The number of nitrogens with zero attached hydrogens (tertiary/aromatic N) is 1. The predicted octanol–water partition coefficient (Wildman–Crippen LogP) is 2.82. The molecule has 1 atom stereocenters. The third-order valence-corrected chi connectivity index (χ3v) is 3.89. The minimum absolute atomic E-state index is 0.0800. The first-order valence-corrected chi connectivity index (χ1v) is 8.09. The molecular weight excluding hydrogens is 320 g/mol. The van der Waals surface area contributed by atoms with Crippen molar-refractivity contribution in [2.45, 2.75) is 32.9 Å². The van der Waals surface area contributed by atoms with Gasteiger partial charge in [-0.1, -0.05) is 12.1 Å². The van der Waals surface area contributed by atoms with Crippen LogP contribution in [0.15, 0.2) is 40.8 Å². The van der Waals surface area contributed by atoms with Crippen LogP contribution >= 0.6 is 0 Å². The van der Waals surface area contributed by atoms with Crippen molar-refractivity contribution in [3.05, 3.63) is 53.5 Å². The van der Waals surface area contributed by atoms with Crippen molar-refractivity contribution in [1.29, 1.82) is 0 Å². The lowest BCUT2D eigenvalue weighted by Gasteiger charge is -2.22. The SMILES string of the molecule is COc1ccc(C(CC(=O)N(C)Cc2ccc(C)o2)NC(C)=O)cc1. The summed E-state index contributed by atoms with van der Waals surface area (Å²) in [4.78, 5) is 25.7. The van der Waals surface area contributed by atoms with Gasteiger partial charge in [0.2, 0.25) is 11.8 Å². The van der Waals surface area contributed by atoms with Crippen molar-refractivity contribution in [3.8, 4) is 5.75 Å². The van der Waals surface area contributed by atoms with Gasteiger partial charge in [0.15, 0.2) is 0 Å². The monoisotopic (exact) mass is 344 g/mol. The second kappa shape index (κ2) is 8.37. The van der Waals surface area contributed by atoms with Crippen LogP contribution in [0.3, 0.4) is 0 Å². The first-order valence-electron chi connectivity index (χ1n) is 8.09. The summed E-state index contributed by atoms with van der Waals surface area (Å²) in [5.74, 6) is 2.00. The maximum atomic E-state index is 12.6. The van der Waals surface area contributed by atoms with Crippen molar-refractivity contribution in [3.63, 3.8) is 0 Å². The molecule has 0 aliphatic carbocycles. The molecule has 2 aromatic rings. The van der Waals surface area contributed by atoms with E-state index in [4.69, 9.17) is 9.15 Å². The fourth-order valence-electron chi connectivity index (χ4n) is 2.56. The second-order valence-corrected chi connectivity index (χ2v) is 5.99. The van der Waals surface area contributed by atoms with Gasteiger partial charge in [-0.2, -0.15) is 0 Å². The number of amides is 2. The van der Waals surface area contributed by atoms with E-state index < -0.39 is 6.04 Å². The maximum absolute atomic E-state index is 12.6. The third kappa shape index (κ3) is 5.38. The van der Waals surface area contributed by atoms with E-state index in [-0.39, 0.29) is 18.2 Å². The molecule has 0 saturated heterocycles. The molecule has 1 heterocycles. The Morgan fingerprint density at radius 3 is 2.40 bits per heavy atom. The number of benzene rings is 1. The van der Waals surface area contributed by atoms with Gasteiger partial charge in [-0.15, -0.1) is 0 Å². The average Bonchev–Trinajstić information content (AvgIpc) is 2.98. The van der Waals surface area contributed by atoms with Crippen LogP contribution in [-0.4, -0.2) is 30.9 Å². The largest absolute Gasteiger partial charge is 0.497 e. The molecule has 0 aliphatic rings. The molecule has 0 bridgehead atoms. The van der Waals surface area contributed by atoms with Crippen LogP contribution in [0, 0.1) is 6.92 Å². The topological polar surface area (TPSA) is 71.8 Å². The van der Waals surface area contributed by atoms with E-state index in [1.54, 1.807) is 19.1 Å². The van der Waals surface area contributed by atoms with Crippen molar-refractivity contribution in [2.24, 2.45) is 0 Å². The number of hydrogen-bond acceptors (Lipinski definition) is 4. The Balaban J connectivity index is 2.06. The zero-order valence-electron chi connectivity index (χ0n) is 15.0. The zero-order valence-corrected chi connectivity index (χ0v) is 15.0. The Kier molecular flexibility index (Phi) is 6.22. The molecule has 134 valence electrons. The Bertz CT molecular complexity index is 721. The normalized spacial score (nSPS) is 11.7. The summed E-state index contributed by atoms with van der Waals surface area (Å²) in [6, 6.07) is 10.6. The number of carbonyl (C=O) groups is 2. The molecule has 6 heteroatoms. The van der Waals surface area contributed by atoms with E-state index >= 15 is 0 Å². The molecule has 1 unspecified atom stereocenters. The highest BCUT2D eigenvalue weighted by atomic mass is 16.5. The van der Waals surface area contributed by atoms with Crippen LogP contribution in [0.25, 0.3) is 0 Å². The van der Waals surface area contributed by atoms with Crippen LogP contribution in [0.5, 0.6) is 5.75 Å². The van der Waals surface area contributed by atoms with Gasteiger partial charge in [-0.3, -0.25) is 9.59 Å². The highest BCUT2D eigenvalue weighted by Gasteiger charge is 2.20. The molecule has 0 fully saturated rings. The van der Waals surface area contributed by atoms with Crippen molar-refractivity contribution < 1.29 is 18.7 Å². The Labute approximate surface area is 147 Å². The molecule has 6 nitrogen and oxygen atoms in total. The van der Waals surface area contributed by atoms with Gasteiger partial charge in [-0.25, -0.2) is 0 Å². The summed E-state index contributed by atoms with van der Waals surface area (Å²) < 4.78 is 10.7. The molecule has 0 radical (unpaired) electrons. The Morgan fingerprint density at radius 1 is 1.20 bits per heavy atom. The standard InChI is InChI=1S/C19H24N2O4/c1-13-5-8-17(25-13)12-21(3)19(23)11-18(20-14(2)22)15-6-9-16(24-4)10-7-15/h5-10,18H,11-12H2,1-4H3,(H,20,22). The highest BCUT2D eigenvalue weighted by molar-refractivity contribution is 5.79. The molecule has 2 rings (SSSR count). The van der Waals surface area contributed by atoms with Crippen LogP contribution < -0.4 is 10.1 Å². The summed E-state index contributed by atoms with van der Waals surface area (Å²) in [7, 11) is 3.31. The lowest BCUT2D eigenvalue weighted by atomic mass is 10.0. The molecule has 1 aromatic carbocycles. The van der Waals surface area contributed by atoms with Gasteiger partial charge in [0.25, 0.3) is 0 Å². The van der Waals surface area contributed by atoms with Crippen LogP contribution in [0.4, 0.5) is 0 Å². The average molecular weight is 344 g/mol. The molecule has 0 aliphatic heterocycles. The van der Waals surface area contributed by atoms with Gasteiger partial charge in [-0.05, 0) is 36.8 Å². The first-order chi connectivity index (χ1) is 11.9. The van der Waals surface area contributed by atoms with E-state index in [1.165, 1.54) is 6.92 Å². The smallest absolute Gasteiger partial charge is 0.225 e. The summed E-state index contributed by atoms with van der Waals surface area (Å²) >= 11 is 0. The number of methoxy groups -OCH3 is 1. The van der Waals surface area contributed by atoms with Gasteiger partial charge in [0.1, 0.15) is 17.3 Å². The fourth-order valence-corrected chi connectivity index (χ4v) is 2.56. The Hall–Kier alpha value is -2.76. The lowest BCUT2D eigenvalue weighted by Crippen LogP contribution is -2.33. The van der Waals surface area contributed by atoms with Crippen LogP contribution in [0.1, 0.15) is 36.5 Å². The molecular formula is C19H24N2O4. The number of nitrogens with one attached hydrogen (secondary N) is 1. The number of hydrogen-bond donors (Lipinski definition) is 1. The number of ether oxygens (including phenoxy) is 1. The van der Waals surface area contributed by atoms with Gasteiger partial charge in [0, 0.05) is 14.0 Å². The first kappa shape index (κ1) is 18.6. The highest BCUT2D eigenvalue weighted by Crippen LogP contribution is 2.21. The lowest BCUT2D eigenvalue weighted by molar-refractivity contribution is -0.131. The van der Waals surface area contributed by atoms with Gasteiger partial charge < -0.3 is 19.4 Å². The molecule has 1 N–H and O–H groups in total. The zero-order chi connectivity index (χ0) is 18.4. The quantitative estimate of drug-likeness (QED) is 0.838. The van der Waals surface area contributed by atoms with Crippen LogP contribution in [0.2, 0.25) is 0 Å². The van der Waals surface area contributed by atoms with Crippen molar-refractivity contribution in [2.75, 3.05) is 14.2 Å². The number of carbonyl (C=O) groups excluding carboxylic acids is 2. The van der Waals surface area contributed by atoms with Crippen molar-refractivity contribution in [1.82, 2.24) is 10.2 Å². The summed E-state index contributed by atoms with van der Waals surface area (Å²) in [6.07, 6.45) is 0.169. The molecule has 2 amide bonds. The summed E-state index contributed by atoms with van der Waals surface area (Å²) in [5, 5.41) is 2.84. The molecule has 0 saturated carbocycles. The summed E-state index contributed by atoms with van der Waals surface area (Å²) in [6.45, 7) is 3.69.